The van der Waals surface area contributed by atoms with E-state index in [-0.39, 0.29) is 5.56 Å². The van der Waals surface area contributed by atoms with E-state index in [9.17, 15) is 30.4 Å². The van der Waals surface area contributed by atoms with Gasteiger partial charge in [-0.15, -0.1) is 0 Å². The SMILES string of the molecule is O=S(=O)(Oc1coc(-c2ccc(F)c(F)c2)n1)C(F)(F)F. The van der Waals surface area contributed by atoms with Crippen molar-refractivity contribution in [1.82, 2.24) is 4.98 Å². The van der Waals surface area contributed by atoms with Gasteiger partial charge in [-0.3, -0.25) is 0 Å². The normalized spacial score (nSPS) is 12.4. The van der Waals surface area contributed by atoms with Crippen molar-refractivity contribution >= 4 is 10.1 Å². The molecule has 1 aromatic carbocycles. The average Bonchev–Trinajstić information content (AvgIpc) is 2.79. The van der Waals surface area contributed by atoms with Crippen molar-refractivity contribution in [2.24, 2.45) is 0 Å². The maximum Gasteiger partial charge on any atom is 0.534 e. The first kappa shape index (κ1) is 15.2. The lowest BCUT2D eigenvalue weighted by atomic mass is 10.2. The monoisotopic (exact) mass is 329 g/mol. The second kappa shape index (κ2) is 4.98. The van der Waals surface area contributed by atoms with Gasteiger partial charge in [0.15, 0.2) is 17.9 Å². The third kappa shape index (κ3) is 3.12. The quantitative estimate of drug-likeness (QED) is 0.492. The van der Waals surface area contributed by atoms with Crippen LogP contribution in [0.15, 0.2) is 28.9 Å². The standard InChI is InChI=1S/C10H4F5NO4S/c11-6-2-1-5(3-7(6)12)9-16-8(4-19-9)20-21(17,18)10(13,14)15/h1-4H. The Bertz CT molecular complexity index is 768. The van der Waals surface area contributed by atoms with E-state index in [1.54, 1.807) is 0 Å². The van der Waals surface area contributed by atoms with Crippen LogP contribution in [-0.2, 0) is 10.1 Å². The van der Waals surface area contributed by atoms with Gasteiger partial charge in [0.1, 0.15) is 0 Å². The summed E-state index contributed by atoms with van der Waals surface area (Å²) in [6.07, 6.45) is 0.486. The molecule has 0 saturated carbocycles. The van der Waals surface area contributed by atoms with Gasteiger partial charge in [-0.2, -0.15) is 26.6 Å². The van der Waals surface area contributed by atoms with E-state index in [4.69, 9.17) is 0 Å². The first-order valence-corrected chi connectivity index (χ1v) is 6.43. The van der Waals surface area contributed by atoms with Crippen molar-refractivity contribution in [1.29, 1.82) is 0 Å². The Hall–Kier alpha value is -2.17. The van der Waals surface area contributed by atoms with Crippen LogP contribution in [0.1, 0.15) is 0 Å². The number of hydrogen-bond acceptors (Lipinski definition) is 5. The Labute approximate surface area is 114 Å². The first-order chi connectivity index (χ1) is 9.60. The minimum absolute atomic E-state index is 0.117. The highest BCUT2D eigenvalue weighted by Crippen LogP contribution is 2.28. The van der Waals surface area contributed by atoms with Crippen molar-refractivity contribution in [2.45, 2.75) is 5.51 Å². The number of benzene rings is 1. The van der Waals surface area contributed by atoms with Crippen molar-refractivity contribution in [3.05, 3.63) is 36.1 Å². The zero-order valence-electron chi connectivity index (χ0n) is 9.69. The van der Waals surface area contributed by atoms with Gasteiger partial charge in [-0.25, -0.2) is 8.78 Å². The minimum atomic E-state index is -5.89. The van der Waals surface area contributed by atoms with Gasteiger partial charge in [0, 0.05) is 5.56 Å². The molecule has 0 aliphatic heterocycles. The number of rotatable bonds is 3. The van der Waals surface area contributed by atoms with E-state index in [1.165, 1.54) is 0 Å². The van der Waals surface area contributed by atoms with E-state index in [1.807, 2.05) is 0 Å². The third-order valence-corrected chi connectivity index (χ3v) is 3.09. The summed E-state index contributed by atoms with van der Waals surface area (Å²) < 4.78 is 91.7. The summed E-state index contributed by atoms with van der Waals surface area (Å²) in [5, 5.41) is 0. The van der Waals surface area contributed by atoms with Gasteiger partial charge in [-0.1, -0.05) is 0 Å². The molecule has 0 atom stereocenters. The molecule has 0 spiro atoms. The second-order valence-electron chi connectivity index (χ2n) is 3.60. The fourth-order valence-electron chi connectivity index (χ4n) is 1.22. The molecule has 0 amide bonds. The predicted molar refractivity (Wildman–Crippen MR) is 57.5 cm³/mol. The molecule has 2 rings (SSSR count). The Morgan fingerprint density at radius 3 is 2.38 bits per heavy atom. The smallest absolute Gasteiger partial charge is 0.440 e. The Morgan fingerprint density at radius 2 is 1.81 bits per heavy atom. The van der Waals surface area contributed by atoms with Crippen LogP contribution in [0.4, 0.5) is 22.0 Å². The summed E-state index contributed by atoms with van der Waals surface area (Å²) in [5.41, 5.74) is -5.75. The van der Waals surface area contributed by atoms with Crippen LogP contribution in [0.5, 0.6) is 5.88 Å². The largest absolute Gasteiger partial charge is 0.534 e. The lowest BCUT2D eigenvalue weighted by molar-refractivity contribution is -0.0501. The van der Waals surface area contributed by atoms with Crippen molar-refractivity contribution in [2.75, 3.05) is 0 Å². The highest BCUT2D eigenvalue weighted by atomic mass is 32.2. The zero-order chi connectivity index (χ0) is 15.8. The van der Waals surface area contributed by atoms with Crippen LogP contribution >= 0.6 is 0 Å². The highest BCUT2D eigenvalue weighted by molar-refractivity contribution is 7.87. The Morgan fingerprint density at radius 1 is 1.14 bits per heavy atom. The number of aromatic nitrogens is 1. The van der Waals surface area contributed by atoms with E-state index >= 15 is 0 Å². The van der Waals surface area contributed by atoms with Crippen LogP contribution in [-0.4, -0.2) is 18.9 Å². The molecule has 1 heterocycles. The first-order valence-electron chi connectivity index (χ1n) is 5.02. The second-order valence-corrected chi connectivity index (χ2v) is 5.14. The molecule has 0 aliphatic carbocycles. The molecule has 0 unspecified atom stereocenters. The molecule has 5 nitrogen and oxygen atoms in total. The van der Waals surface area contributed by atoms with Crippen LogP contribution < -0.4 is 4.18 Å². The molecule has 2 aromatic rings. The minimum Gasteiger partial charge on any atom is -0.440 e. The van der Waals surface area contributed by atoms with Crippen LogP contribution in [0.2, 0.25) is 0 Å². The molecular formula is C10H4F5NO4S. The van der Waals surface area contributed by atoms with Crippen LogP contribution in [0.25, 0.3) is 11.5 Å². The summed E-state index contributed by atoms with van der Waals surface area (Å²) in [6.45, 7) is 0. The van der Waals surface area contributed by atoms with E-state index in [2.05, 4.69) is 13.6 Å². The predicted octanol–water partition coefficient (Wildman–Crippen LogP) is 2.85. The number of alkyl halides is 3. The molecule has 0 N–H and O–H groups in total. The van der Waals surface area contributed by atoms with Crippen molar-refractivity contribution in [3.63, 3.8) is 0 Å². The van der Waals surface area contributed by atoms with Gasteiger partial charge < -0.3 is 8.60 Å². The summed E-state index contributed by atoms with van der Waals surface area (Å²) in [7, 11) is -5.89. The lowest BCUT2D eigenvalue weighted by Gasteiger charge is -2.05. The Balaban J connectivity index is 2.28. The fourth-order valence-corrected chi connectivity index (χ4v) is 1.61. The summed E-state index contributed by atoms with van der Waals surface area (Å²) in [4.78, 5) is 3.29. The molecule has 21 heavy (non-hydrogen) atoms. The van der Waals surface area contributed by atoms with Gasteiger partial charge in [0.25, 0.3) is 5.88 Å². The van der Waals surface area contributed by atoms with Gasteiger partial charge in [0.2, 0.25) is 5.89 Å². The molecule has 0 radical (unpaired) electrons. The molecule has 0 aliphatic rings. The van der Waals surface area contributed by atoms with Crippen molar-refractivity contribution < 1.29 is 39.0 Å². The molecule has 1 aromatic heterocycles. The van der Waals surface area contributed by atoms with Gasteiger partial charge >= 0.3 is 15.6 Å². The van der Waals surface area contributed by atoms with E-state index < -0.39 is 39.0 Å². The number of hydrogen-bond donors (Lipinski definition) is 0. The molecular weight excluding hydrogens is 325 g/mol. The number of oxazole rings is 1. The average molecular weight is 329 g/mol. The molecule has 0 saturated heterocycles. The number of nitrogens with zero attached hydrogens (tertiary/aromatic N) is 1. The maximum absolute atomic E-state index is 13.0. The van der Waals surface area contributed by atoms with Gasteiger partial charge in [-0.05, 0) is 18.2 Å². The van der Waals surface area contributed by atoms with E-state index in [0.29, 0.717) is 12.3 Å². The fraction of sp³-hybridized carbons (Fsp3) is 0.100. The topological polar surface area (TPSA) is 69.4 Å². The highest BCUT2D eigenvalue weighted by Gasteiger charge is 2.49. The van der Waals surface area contributed by atoms with Gasteiger partial charge in [0.05, 0.1) is 0 Å². The van der Waals surface area contributed by atoms with Crippen molar-refractivity contribution in [3.8, 4) is 17.3 Å². The van der Waals surface area contributed by atoms with Crippen LogP contribution in [0, 0.1) is 11.6 Å². The maximum atomic E-state index is 13.0. The summed E-state index contributed by atoms with van der Waals surface area (Å²) >= 11 is 0. The third-order valence-electron chi connectivity index (χ3n) is 2.13. The molecule has 11 heteroatoms. The summed E-state index contributed by atoms with van der Waals surface area (Å²) in [6, 6.07) is 2.44. The molecule has 0 bridgehead atoms. The van der Waals surface area contributed by atoms with Crippen LogP contribution in [0.3, 0.4) is 0 Å². The Kier molecular flexibility index (Phi) is 3.61. The van der Waals surface area contributed by atoms with E-state index in [0.717, 1.165) is 12.1 Å². The summed E-state index contributed by atoms with van der Waals surface area (Å²) in [5.74, 6) is -3.83. The molecule has 114 valence electrons. The number of halogens is 5. The lowest BCUT2D eigenvalue weighted by Crippen LogP contribution is -2.28. The zero-order valence-corrected chi connectivity index (χ0v) is 10.5. The molecule has 0 fully saturated rings.